The minimum atomic E-state index is -1.32. The largest absolute Gasteiger partial charge is 0.549 e. The van der Waals surface area contributed by atoms with Crippen molar-refractivity contribution >= 4 is 35.1 Å². The zero-order valence-electron chi connectivity index (χ0n) is 9.27. The Labute approximate surface area is 114 Å². The molecule has 0 spiro atoms. The number of halogens is 2. The van der Waals surface area contributed by atoms with Crippen LogP contribution in [0.2, 0.25) is 0 Å². The van der Waals surface area contributed by atoms with Gasteiger partial charge in [0.1, 0.15) is 0 Å². The fraction of sp³-hybridized carbons (Fsp3) is 0.333. The summed E-state index contributed by atoms with van der Waals surface area (Å²) in [5.41, 5.74) is 1.45. The van der Waals surface area contributed by atoms with Gasteiger partial charge in [-0.25, -0.2) is 0 Å². The molecule has 1 aromatic rings. The van der Waals surface area contributed by atoms with Crippen molar-refractivity contribution in [2.45, 2.75) is 23.6 Å². The van der Waals surface area contributed by atoms with Crippen molar-refractivity contribution in [1.29, 1.82) is 0 Å². The number of hydrogen-bond donors (Lipinski definition) is 0. The van der Waals surface area contributed by atoms with E-state index in [1.165, 1.54) is 0 Å². The molecule has 6 heteroatoms. The zero-order chi connectivity index (χ0) is 13.7. The van der Waals surface area contributed by atoms with Crippen molar-refractivity contribution in [3.05, 3.63) is 35.4 Å². The van der Waals surface area contributed by atoms with Gasteiger partial charge in [0.2, 0.25) is 0 Å². The topological polar surface area (TPSA) is 80.3 Å². The highest BCUT2D eigenvalue weighted by molar-refractivity contribution is 6.29. The molecule has 0 saturated heterocycles. The predicted molar refractivity (Wildman–Crippen MR) is 63.1 cm³/mol. The highest BCUT2D eigenvalue weighted by Gasteiger charge is 2.09. The summed E-state index contributed by atoms with van der Waals surface area (Å²) in [5, 5.41) is 18.7. The molecule has 0 aliphatic heterocycles. The fourth-order valence-corrected chi connectivity index (χ4v) is 1.75. The molecule has 0 aliphatic carbocycles. The van der Waals surface area contributed by atoms with Gasteiger partial charge < -0.3 is 19.8 Å². The first-order valence-electron chi connectivity index (χ1n) is 5.18. The van der Waals surface area contributed by atoms with Gasteiger partial charge in [0.25, 0.3) is 0 Å². The van der Waals surface area contributed by atoms with Crippen LogP contribution in [0.3, 0.4) is 0 Å². The van der Waals surface area contributed by atoms with E-state index >= 15 is 0 Å². The molecule has 0 amide bonds. The molecule has 98 valence electrons. The molecular weight excluding hydrogens is 279 g/mol. The zero-order valence-corrected chi connectivity index (χ0v) is 10.8. The number of carbonyl (C=O) groups excluding carboxylic acids is 2. The number of rotatable bonds is 6. The number of carboxylic acids is 2. The minimum absolute atomic E-state index is 0.148. The maximum Gasteiger partial charge on any atom is 0.0770 e. The van der Waals surface area contributed by atoms with Crippen LogP contribution in [0, 0.1) is 0 Å². The molecule has 0 heterocycles. The summed E-state index contributed by atoms with van der Waals surface area (Å²) in [5.74, 6) is -2.64. The van der Waals surface area contributed by atoms with Crippen molar-refractivity contribution in [2.75, 3.05) is 0 Å². The Hall–Kier alpha value is -1.26. The summed E-state index contributed by atoms with van der Waals surface area (Å²) in [6.07, 6.45) is 0.296. The molecule has 4 nitrogen and oxygen atoms in total. The summed E-state index contributed by atoms with van der Waals surface area (Å²) in [7, 11) is 0. The van der Waals surface area contributed by atoms with Gasteiger partial charge in [-0.05, 0) is 24.0 Å². The van der Waals surface area contributed by atoms with Crippen LogP contribution >= 0.6 is 23.2 Å². The van der Waals surface area contributed by atoms with Crippen molar-refractivity contribution in [2.24, 2.45) is 0 Å². The van der Waals surface area contributed by atoms with Crippen molar-refractivity contribution in [3.63, 3.8) is 0 Å². The summed E-state index contributed by atoms with van der Waals surface area (Å²) in [6, 6.07) is 6.69. The Morgan fingerprint density at radius 1 is 0.889 bits per heavy atom. The van der Waals surface area contributed by atoms with E-state index in [-0.39, 0.29) is 12.8 Å². The Morgan fingerprint density at radius 3 is 1.39 bits per heavy atom. The molecule has 2 atom stereocenters. The summed E-state index contributed by atoms with van der Waals surface area (Å²) < 4.78 is 0. The van der Waals surface area contributed by atoms with Crippen LogP contribution in [0.5, 0.6) is 0 Å². The Morgan fingerprint density at radius 2 is 1.17 bits per heavy atom. The number of carbonyl (C=O) groups is 2. The van der Waals surface area contributed by atoms with Crippen molar-refractivity contribution < 1.29 is 19.8 Å². The lowest BCUT2D eigenvalue weighted by atomic mass is 10.0. The third kappa shape index (κ3) is 4.55. The van der Waals surface area contributed by atoms with Gasteiger partial charge in [-0.15, -0.1) is 23.2 Å². The lowest BCUT2D eigenvalue weighted by Crippen LogP contribution is -2.33. The van der Waals surface area contributed by atoms with Crippen molar-refractivity contribution in [1.82, 2.24) is 0 Å². The number of hydrogen-bond acceptors (Lipinski definition) is 4. The van der Waals surface area contributed by atoms with E-state index in [1.54, 1.807) is 24.3 Å². The predicted octanol–water partition coefficient (Wildman–Crippen LogP) is -0.514. The molecule has 0 aromatic heterocycles. The summed E-state index contributed by atoms with van der Waals surface area (Å²) >= 11 is 11.1. The average Bonchev–Trinajstić information content (AvgIpc) is 2.31. The lowest BCUT2D eigenvalue weighted by Gasteiger charge is -2.12. The summed E-state index contributed by atoms with van der Waals surface area (Å²) in [4.78, 5) is 20.9. The molecule has 0 saturated carbocycles. The Balaban J connectivity index is 2.63. The Bertz CT molecular complexity index is 389. The van der Waals surface area contributed by atoms with Gasteiger partial charge in [-0.3, -0.25) is 0 Å². The monoisotopic (exact) mass is 288 g/mol. The fourth-order valence-electron chi connectivity index (χ4n) is 1.39. The molecular formula is C12H10Cl2O4-2. The number of aliphatic carboxylic acids is 2. The van der Waals surface area contributed by atoms with E-state index in [2.05, 4.69) is 0 Å². The van der Waals surface area contributed by atoms with E-state index in [9.17, 15) is 19.8 Å². The second-order valence-electron chi connectivity index (χ2n) is 3.80. The first kappa shape index (κ1) is 14.8. The van der Waals surface area contributed by atoms with Crippen LogP contribution < -0.4 is 10.2 Å². The number of carboxylic acid groups (broad SMARTS) is 2. The van der Waals surface area contributed by atoms with E-state index in [1.807, 2.05) is 0 Å². The van der Waals surface area contributed by atoms with Crippen LogP contribution in [0.1, 0.15) is 11.1 Å². The second-order valence-corrected chi connectivity index (χ2v) is 4.85. The maximum atomic E-state index is 10.5. The van der Waals surface area contributed by atoms with Crippen LogP contribution in [-0.2, 0) is 22.4 Å². The molecule has 0 bridgehead atoms. The third-order valence-electron chi connectivity index (χ3n) is 2.36. The maximum absolute atomic E-state index is 10.5. The second kappa shape index (κ2) is 6.61. The van der Waals surface area contributed by atoms with Crippen LogP contribution in [-0.4, -0.2) is 22.7 Å². The standard InChI is InChI=1S/C12H12Cl2O4/c13-9(11(15)16)5-7-1-2-8(4-3-7)6-10(14)12(17)18/h1-4,9-10H,5-6H2,(H,15,16)(H,17,18)/p-2. The quantitative estimate of drug-likeness (QED) is 0.660. The molecule has 0 radical (unpaired) electrons. The molecule has 2 unspecified atom stereocenters. The summed E-state index contributed by atoms with van der Waals surface area (Å²) in [6.45, 7) is 0. The van der Waals surface area contributed by atoms with Crippen LogP contribution in [0.25, 0.3) is 0 Å². The normalized spacial score (nSPS) is 13.9. The highest BCUT2D eigenvalue weighted by Crippen LogP contribution is 2.12. The van der Waals surface area contributed by atoms with Gasteiger partial charge in [0.05, 0.1) is 22.7 Å². The van der Waals surface area contributed by atoms with Gasteiger partial charge in [0.15, 0.2) is 0 Å². The number of benzene rings is 1. The third-order valence-corrected chi connectivity index (χ3v) is 3.03. The Kier molecular flexibility index (Phi) is 5.44. The molecule has 0 N–H and O–H groups in total. The van der Waals surface area contributed by atoms with Crippen LogP contribution in [0.4, 0.5) is 0 Å². The van der Waals surface area contributed by atoms with E-state index in [4.69, 9.17) is 23.2 Å². The number of alkyl halides is 2. The SMILES string of the molecule is O=C([O-])C(Cl)Cc1ccc(CC(Cl)C(=O)[O-])cc1. The van der Waals surface area contributed by atoms with Gasteiger partial charge in [-0.2, -0.15) is 0 Å². The molecule has 1 aromatic carbocycles. The molecule has 0 aliphatic rings. The van der Waals surface area contributed by atoms with E-state index < -0.39 is 22.7 Å². The van der Waals surface area contributed by atoms with Gasteiger partial charge in [-0.1, -0.05) is 24.3 Å². The molecule has 1 rings (SSSR count). The lowest BCUT2D eigenvalue weighted by molar-refractivity contribution is -0.306. The average molecular weight is 289 g/mol. The molecule has 0 fully saturated rings. The molecule has 18 heavy (non-hydrogen) atoms. The first-order chi connectivity index (χ1) is 8.40. The first-order valence-corrected chi connectivity index (χ1v) is 6.05. The smallest absolute Gasteiger partial charge is 0.0770 e. The highest BCUT2D eigenvalue weighted by atomic mass is 35.5. The van der Waals surface area contributed by atoms with E-state index in [0.717, 1.165) is 11.1 Å². The van der Waals surface area contributed by atoms with E-state index in [0.29, 0.717) is 0 Å². The minimum Gasteiger partial charge on any atom is -0.549 e. The van der Waals surface area contributed by atoms with Crippen molar-refractivity contribution in [3.8, 4) is 0 Å². The van der Waals surface area contributed by atoms with Gasteiger partial charge in [0, 0.05) is 0 Å². The van der Waals surface area contributed by atoms with Gasteiger partial charge >= 0.3 is 0 Å². The van der Waals surface area contributed by atoms with Crippen LogP contribution in [0.15, 0.2) is 24.3 Å².